The summed E-state index contributed by atoms with van der Waals surface area (Å²) >= 11 is 0. The van der Waals surface area contributed by atoms with Crippen molar-refractivity contribution in [3.8, 4) is 6.07 Å². The molecule has 0 N–H and O–H groups in total. The van der Waals surface area contributed by atoms with Crippen molar-refractivity contribution in [2.24, 2.45) is 11.8 Å². The number of hydrogen-bond donors (Lipinski definition) is 0. The van der Waals surface area contributed by atoms with E-state index < -0.39 is 0 Å². The number of fused-ring (bicyclic) bond motifs is 1. The van der Waals surface area contributed by atoms with Crippen molar-refractivity contribution in [3.63, 3.8) is 0 Å². The Kier molecular flexibility index (Phi) is 3.08. The first-order chi connectivity index (χ1) is 6.85. The topological polar surface area (TPSA) is 27.0 Å². The molecule has 0 aromatic heterocycles. The minimum Gasteiger partial charge on any atom is -0.287 e. The van der Waals surface area contributed by atoms with Crippen molar-refractivity contribution >= 4 is 0 Å². The molecular weight excluding hydrogens is 172 g/mol. The van der Waals surface area contributed by atoms with E-state index in [0.717, 1.165) is 18.3 Å². The lowest BCUT2D eigenvalue weighted by Gasteiger charge is -2.23. The van der Waals surface area contributed by atoms with E-state index in [-0.39, 0.29) is 6.04 Å². The summed E-state index contributed by atoms with van der Waals surface area (Å²) in [5, 5.41) is 9.03. The van der Waals surface area contributed by atoms with Crippen LogP contribution in [0.1, 0.15) is 39.0 Å². The van der Waals surface area contributed by atoms with Gasteiger partial charge in [-0.1, -0.05) is 19.8 Å². The highest BCUT2D eigenvalue weighted by atomic mass is 15.2. The van der Waals surface area contributed by atoms with Crippen LogP contribution in [-0.4, -0.2) is 24.0 Å². The van der Waals surface area contributed by atoms with Crippen LogP contribution < -0.4 is 0 Å². The molecule has 0 aromatic rings. The molecule has 78 valence electrons. The Morgan fingerprint density at radius 1 is 1.29 bits per heavy atom. The van der Waals surface area contributed by atoms with Crippen LogP contribution in [0.25, 0.3) is 0 Å². The third-order valence-corrected chi connectivity index (χ3v) is 3.98. The molecule has 2 nitrogen and oxygen atoms in total. The molecule has 2 heteroatoms. The first-order valence-corrected chi connectivity index (χ1v) is 5.98. The highest BCUT2D eigenvalue weighted by molar-refractivity contribution is 4.97. The summed E-state index contributed by atoms with van der Waals surface area (Å²) in [6.07, 6.45) is 6.62. The van der Waals surface area contributed by atoms with Crippen molar-refractivity contribution in [1.82, 2.24) is 4.90 Å². The third kappa shape index (κ3) is 1.79. The lowest BCUT2D eigenvalue weighted by Crippen LogP contribution is -2.31. The van der Waals surface area contributed by atoms with Crippen LogP contribution in [0.2, 0.25) is 0 Å². The zero-order valence-electron chi connectivity index (χ0n) is 9.08. The minimum absolute atomic E-state index is 0.181. The molecular formula is C12H20N2. The van der Waals surface area contributed by atoms with Crippen LogP contribution in [0.4, 0.5) is 0 Å². The molecule has 0 radical (unpaired) electrons. The summed E-state index contributed by atoms with van der Waals surface area (Å²) in [6.45, 7) is 4.50. The zero-order chi connectivity index (χ0) is 9.97. The van der Waals surface area contributed by atoms with Gasteiger partial charge in [0.05, 0.1) is 12.1 Å². The lowest BCUT2D eigenvalue weighted by atomic mass is 9.82. The second-order valence-electron chi connectivity index (χ2n) is 4.81. The Balaban J connectivity index is 1.95. The van der Waals surface area contributed by atoms with Crippen molar-refractivity contribution in [2.45, 2.75) is 45.1 Å². The highest BCUT2D eigenvalue weighted by Crippen LogP contribution is 2.36. The minimum atomic E-state index is 0.181. The summed E-state index contributed by atoms with van der Waals surface area (Å²) in [5.74, 6) is 1.82. The van der Waals surface area contributed by atoms with Gasteiger partial charge in [-0.15, -0.1) is 0 Å². The Labute approximate surface area is 86.9 Å². The van der Waals surface area contributed by atoms with Crippen LogP contribution in [0, 0.1) is 23.2 Å². The quantitative estimate of drug-likeness (QED) is 0.672. The van der Waals surface area contributed by atoms with Gasteiger partial charge in [0, 0.05) is 13.1 Å². The largest absolute Gasteiger partial charge is 0.287 e. The van der Waals surface area contributed by atoms with E-state index in [2.05, 4.69) is 17.9 Å². The molecule has 1 aliphatic heterocycles. The van der Waals surface area contributed by atoms with Gasteiger partial charge >= 0.3 is 0 Å². The smallest absolute Gasteiger partial charge is 0.0975 e. The van der Waals surface area contributed by atoms with Crippen LogP contribution >= 0.6 is 0 Å². The molecule has 0 aromatic carbocycles. The first kappa shape index (κ1) is 9.98. The van der Waals surface area contributed by atoms with E-state index in [0.29, 0.717) is 0 Å². The fraction of sp³-hybridized carbons (Fsp3) is 0.917. The molecule has 2 fully saturated rings. The van der Waals surface area contributed by atoms with Gasteiger partial charge in [-0.05, 0) is 31.1 Å². The standard InChI is InChI=1S/C12H20N2/c1-2-12(7-13)14-8-10-5-3-4-6-11(10)9-14/h10-12H,2-6,8-9H2,1H3/t10-,11+,12?. The molecule has 14 heavy (non-hydrogen) atoms. The van der Waals surface area contributed by atoms with Crippen LogP contribution in [0.5, 0.6) is 0 Å². The second-order valence-corrected chi connectivity index (χ2v) is 4.81. The first-order valence-electron chi connectivity index (χ1n) is 5.98. The van der Waals surface area contributed by atoms with Crippen molar-refractivity contribution in [1.29, 1.82) is 5.26 Å². The average molecular weight is 192 g/mol. The Bertz CT molecular complexity index is 217. The normalized spacial score (nSPS) is 34.9. The van der Waals surface area contributed by atoms with Crippen LogP contribution in [0.3, 0.4) is 0 Å². The molecule has 1 unspecified atom stereocenters. The van der Waals surface area contributed by atoms with E-state index in [1.54, 1.807) is 0 Å². The lowest BCUT2D eigenvalue weighted by molar-refractivity contribution is 0.269. The van der Waals surface area contributed by atoms with E-state index in [4.69, 9.17) is 5.26 Å². The van der Waals surface area contributed by atoms with E-state index in [1.807, 2.05) is 0 Å². The van der Waals surface area contributed by atoms with Crippen molar-refractivity contribution in [3.05, 3.63) is 0 Å². The summed E-state index contributed by atoms with van der Waals surface area (Å²) < 4.78 is 0. The fourth-order valence-corrected chi connectivity index (χ4v) is 3.13. The third-order valence-electron chi connectivity index (χ3n) is 3.98. The van der Waals surface area contributed by atoms with Crippen LogP contribution in [-0.2, 0) is 0 Å². The maximum absolute atomic E-state index is 9.03. The van der Waals surface area contributed by atoms with Gasteiger partial charge in [-0.2, -0.15) is 5.26 Å². The van der Waals surface area contributed by atoms with Gasteiger partial charge in [-0.3, -0.25) is 4.90 Å². The fourth-order valence-electron chi connectivity index (χ4n) is 3.13. The summed E-state index contributed by atoms with van der Waals surface area (Å²) in [6, 6.07) is 2.61. The molecule has 2 rings (SSSR count). The molecule has 1 aliphatic carbocycles. The van der Waals surface area contributed by atoms with E-state index in [9.17, 15) is 0 Å². The van der Waals surface area contributed by atoms with E-state index >= 15 is 0 Å². The molecule has 0 bridgehead atoms. The molecule has 0 spiro atoms. The molecule has 1 saturated heterocycles. The number of rotatable bonds is 2. The number of hydrogen-bond acceptors (Lipinski definition) is 2. The Hall–Kier alpha value is -0.550. The Morgan fingerprint density at radius 2 is 1.86 bits per heavy atom. The predicted octanol–water partition coefficient (Wildman–Crippen LogP) is 2.41. The van der Waals surface area contributed by atoms with Crippen molar-refractivity contribution in [2.75, 3.05) is 13.1 Å². The van der Waals surface area contributed by atoms with Gasteiger partial charge in [-0.25, -0.2) is 0 Å². The van der Waals surface area contributed by atoms with Crippen LogP contribution in [0.15, 0.2) is 0 Å². The molecule has 3 atom stereocenters. The second kappa shape index (κ2) is 4.31. The van der Waals surface area contributed by atoms with Gasteiger partial charge in [0.15, 0.2) is 0 Å². The van der Waals surface area contributed by atoms with E-state index in [1.165, 1.54) is 38.8 Å². The van der Waals surface area contributed by atoms with Gasteiger partial charge < -0.3 is 0 Å². The number of nitriles is 1. The molecule has 1 saturated carbocycles. The number of nitrogens with zero attached hydrogens (tertiary/aromatic N) is 2. The van der Waals surface area contributed by atoms with Gasteiger partial charge in [0.2, 0.25) is 0 Å². The monoisotopic (exact) mass is 192 g/mol. The predicted molar refractivity (Wildman–Crippen MR) is 56.7 cm³/mol. The van der Waals surface area contributed by atoms with Gasteiger partial charge in [0.1, 0.15) is 0 Å². The zero-order valence-corrected chi connectivity index (χ0v) is 9.08. The molecule has 0 amide bonds. The average Bonchev–Trinajstić information content (AvgIpc) is 2.63. The van der Waals surface area contributed by atoms with Crippen molar-refractivity contribution < 1.29 is 0 Å². The molecule has 2 aliphatic rings. The molecule has 1 heterocycles. The Morgan fingerprint density at radius 3 is 2.29 bits per heavy atom. The van der Waals surface area contributed by atoms with Gasteiger partial charge in [0.25, 0.3) is 0 Å². The summed E-state index contributed by atoms with van der Waals surface area (Å²) in [5.41, 5.74) is 0. The SMILES string of the molecule is CCC(C#N)N1C[C@H]2CCCC[C@H]2C1. The maximum Gasteiger partial charge on any atom is 0.0975 e. The summed E-state index contributed by atoms with van der Waals surface area (Å²) in [4.78, 5) is 2.42. The summed E-state index contributed by atoms with van der Waals surface area (Å²) in [7, 11) is 0. The number of likely N-dealkylation sites (tertiary alicyclic amines) is 1. The highest BCUT2D eigenvalue weighted by Gasteiger charge is 2.36. The maximum atomic E-state index is 9.03.